The number of halogens is 1. The largest absolute Gasteiger partial charge is 0.353 e. The summed E-state index contributed by atoms with van der Waals surface area (Å²) in [5.74, 6) is 0. The van der Waals surface area contributed by atoms with Crippen LogP contribution in [0, 0.1) is 6.57 Å². The second-order valence-electron chi connectivity index (χ2n) is 1.58. The van der Waals surface area contributed by atoms with Crippen molar-refractivity contribution in [2.75, 3.05) is 0 Å². The Hall–Kier alpha value is -0.810. The van der Waals surface area contributed by atoms with E-state index >= 15 is 0 Å². The van der Waals surface area contributed by atoms with Gasteiger partial charge in [0, 0.05) is 6.07 Å². The second-order valence-corrected chi connectivity index (χ2v) is 2.43. The van der Waals surface area contributed by atoms with Crippen LogP contribution >= 0.6 is 15.9 Å². The van der Waals surface area contributed by atoms with Crippen molar-refractivity contribution in [2.45, 2.75) is 0 Å². The Balaban J connectivity index is 3.20. The predicted molar refractivity (Wildman–Crippen MR) is 42.1 cm³/mol. The average molecular weight is 183 g/mol. The molecule has 1 aromatic rings. The molecule has 0 atom stereocenters. The van der Waals surface area contributed by atoms with Gasteiger partial charge in [-0.1, -0.05) is 12.1 Å². The lowest BCUT2D eigenvalue weighted by Gasteiger charge is -1.80. The molecule has 2 heteroatoms. The van der Waals surface area contributed by atoms with Crippen molar-refractivity contribution < 1.29 is 0 Å². The van der Waals surface area contributed by atoms with Gasteiger partial charge in [0.05, 0.1) is 0 Å². The number of benzene rings is 1. The summed E-state index contributed by atoms with van der Waals surface area (Å²) in [6, 6.07) is 7.53. The Kier molecular flexibility index (Phi) is 1.86. The first kappa shape index (κ1) is 6.31. The third kappa shape index (κ3) is 1.30. The Morgan fingerprint density at radius 3 is 2.44 bits per heavy atom. The summed E-state index contributed by atoms with van der Waals surface area (Å²) in [4.78, 5) is 3.52. The molecule has 0 unspecified atom stereocenters. The third-order valence-corrected chi connectivity index (χ3v) is 1.66. The van der Waals surface area contributed by atoms with E-state index in [9.17, 15) is 0 Å². The molecule has 44 valence electrons. The molecule has 0 saturated heterocycles. The van der Waals surface area contributed by atoms with E-state index in [0.29, 0.717) is 0 Å². The van der Waals surface area contributed by atoms with Crippen LogP contribution in [0.15, 0.2) is 28.7 Å². The van der Waals surface area contributed by atoms with Gasteiger partial charge in [-0.05, 0) is 26.8 Å². The number of para-hydroxylation sites is 1. The summed E-state index contributed by atoms with van der Waals surface area (Å²) >= 11 is 3.28. The van der Waals surface area contributed by atoms with Crippen LogP contribution < -0.4 is 0 Å². The van der Waals surface area contributed by atoms with E-state index in [0.717, 1.165) is 10.2 Å². The van der Waals surface area contributed by atoms with Crippen LogP contribution in [0.2, 0.25) is 0 Å². The minimum atomic E-state index is 0.775. The van der Waals surface area contributed by atoms with Gasteiger partial charge in [0.2, 0.25) is 0 Å². The van der Waals surface area contributed by atoms with E-state index in [2.05, 4.69) is 20.8 Å². The molecule has 0 bridgehead atoms. The number of rotatable bonds is 0. The van der Waals surface area contributed by atoms with Crippen molar-refractivity contribution in [3.8, 4) is 6.57 Å². The van der Waals surface area contributed by atoms with Crippen molar-refractivity contribution >= 4 is 21.6 Å². The molecule has 1 rings (SSSR count). The van der Waals surface area contributed by atoms with E-state index in [1.54, 1.807) is 0 Å². The zero-order valence-electron chi connectivity index (χ0n) is 4.71. The summed E-state index contributed by atoms with van der Waals surface area (Å²) in [6.07, 6.45) is 0. The molecule has 0 aromatic heterocycles. The smallest absolute Gasteiger partial charge is 0.0606 e. The molecule has 1 nitrogen and oxygen atoms in total. The van der Waals surface area contributed by atoms with Crippen LogP contribution in [0.1, 0.15) is 0 Å². The maximum Gasteiger partial charge on any atom is 0.353 e. The van der Waals surface area contributed by atoms with Crippen molar-refractivity contribution in [2.24, 2.45) is 0 Å². The summed E-state index contributed by atoms with van der Waals surface area (Å²) in [5.41, 5.74) is 0.775. The Morgan fingerprint density at radius 1 is 1.33 bits per heavy atom. The lowest BCUT2D eigenvalue weighted by Crippen LogP contribution is -1.61. The number of hydrogen-bond acceptors (Lipinski definition) is 0. The van der Waals surface area contributed by atoms with Gasteiger partial charge >= 0.3 is 5.69 Å². The average Bonchev–Trinajstić information content (AvgIpc) is 1.89. The highest BCUT2D eigenvalue weighted by atomic mass is 79.9. The molecule has 0 heterocycles. The number of nitrogens with zero attached hydrogens (tertiary/aromatic N) is 1. The standard InChI is InChI=1S/C7H5BrN/c1-9-7-5-3-2-4-6(7)8/h1-5H/q+1. The van der Waals surface area contributed by atoms with Crippen LogP contribution in [0.25, 0.3) is 4.85 Å². The first-order valence-electron chi connectivity index (χ1n) is 2.50. The van der Waals surface area contributed by atoms with Gasteiger partial charge in [0.25, 0.3) is 6.57 Å². The van der Waals surface area contributed by atoms with Crippen molar-refractivity contribution in [1.29, 1.82) is 0 Å². The molecule has 0 fully saturated rings. The van der Waals surface area contributed by atoms with E-state index in [1.807, 2.05) is 24.3 Å². The van der Waals surface area contributed by atoms with E-state index in [4.69, 9.17) is 6.57 Å². The molecule has 1 aromatic carbocycles. The predicted octanol–water partition coefficient (Wildman–Crippen LogP) is 3.04. The van der Waals surface area contributed by atoms with E-state index < -0.39 is 0 Å². The summed E-state index contributed by atoms with van der Waals surface area (Å²) < 4.78 is 0.924. The minimum absolute atomic E-state index is 0.775. The highest BCUT2D eigenvalue weighted by Crippen LogP contribution is 2.23. The van der Waals surface area contributed by atoms with Gasteiger partial charge in [0.15, 0.2) is 0 Å². The van der Waals surface area contributed by atoms with Gasteiger partial charge in [-0.2, -0.15) is 0 Å². The van der Waals surface area contributed by atoms with Gasteiger partial charge < -0.3 is 0 Å². The van der Waals surface area contributed by atoms with Gasteiger partial charge in [0.1, 0.15) is 4.47 Å². The molecule has 0 saturated carbocycles. The molecule has 0 spiro atoms. The molecular weight excluding hydrogens is 178 g/mol. The minimum Gasteiger partial charge on any atom is -0.0606 e. The molecule has 0 aliphatic rings. The summed E-state index contributed by atoms with van der Waals surface area (Å²) in [7, 11) is 0. The fraction of sp³-hybridized carbons (Fsp3) is 0. The normalized spacial score (nSPS) is 8.44. The Bertz CT molecular complexity index is 249. The van der Waals surface area contributed by atoms with Gasteiger partial charge in [-0.15, -0.1) is 0 Å². The first-order chi connectivity index (χ1) is 4.34. The molecule has 0 aliphatic carbocycles. The van der Waals surface area contributed by atoms with Gasteiger partial charge in [-0.25, -0.2) is 0 Å². The Morgan fingerprint density at radius 2 is 2.00 bits per heavy atom. The summed E-state index contributed by atoms with van der Waals surface area (Å²) in [5, 5.41) is 0. The monoisotopic (exact) mass is 182 g/mol. The molecular formula is C7H5BrN+. The second kappa shape index (κ2) is 2.65. The fourth-order valence-electron chi connectivity index (χ4n) is 0.556. The van der Waals surface area contributed by atoms with Crippen LogP contribution in [0.3, 0.4) is 0 Å². The highest BCUT2D eigenvalue weighted by molar-refractivity contribution is 9.10. The van der Waals surface area contributed by atoms with Crippen LogP contribution in [-0.2, 0) is 0 Å². The van der Waals surface area contributed by atoms with Crippen LogP contribution in [-0.4, -0.2) is 0 Å². The molecule has 0 radical (unpaired) electrons. The fourth-order valence-corrected chi connectivity index (χ4v) is 0.944. The van der Waals surface area contributed by atoms with E-state index in [-0.39, 0.29) is 0 Å². The zero-order chi connectivity index (χ0) is 6.69. The van der Waals surface area contributed by atoms with Crippen molar-refractivity contribution in [3.63, 3.8) is 0 Å². The van der Waals surface area contributed by atoms with E-state index in [1.165, 1.54) is 0 Å². The maximum absolute atomic E-state index is 5.05. The molecule has 9 heavy (non-hydrogen) atoms. The van der Waals surface area contributed by atoms with Gasteiger partial charge in [-0.3, -0.25) is 0 Å². The quantitative estimate of drug-likeness (QED) is 0.582. The molecule has 0 amide bonds. The topological polar surface area (TPSA) is 4.36 Å². The number of hydrogen-bond donors (Lipinski definition) is 0. The molecule has 0 aliphatic heterocycles. The molecule has 0 N–H and O–H groups in total. The van der Waals surface area contributed by atoms with Crippen molar-refractivity contribution in [1.82, 2.24) is 0 Å². The van der Waals surface area contributed by atoms with Crippen LogP contribution in [0.4, 0.5) is 5.69 Å². The highest BCUT2D eigenvalue weighted by Gasteiger charge is 2.02. The SMILES string of the molecule is C#[N+]c1ccccc1Br. The first-order valence-corrected chi connectivity index (χ1v) is 3.29. The maximum atomic E-state index is 5.05. The summed E-state index contributed by atoms with van der Waals surface area (Å²) in [6.45, 7) is 5.05. The third-order valence-electron chi connectivity index (χ3n) is 0.992. The lowest BCUT2D eigenvalue weighted by atomic mass is 10.3. The Labute approximate surface area is 62.3 Å². The van der Waals surface area contributed by atoms with Crippen molar-refractivity contribution in [3.05, 3.63) is 33.6 Å². The van der Waals surface area contributed by atoms with Crippen LogP contribution in [0.5, 0.6) is 0 Å². The zero-order valence-corrected chi connectivity index (χ0v) is 6.30. The lowest BCUT2D eigenvalue weighted by molar-refractivity contribution is 1.67.